The number of hydrogen-bond donors (Lipinski definition) is 0. The molecule has 0 aliphatic carbocycles. The molecule has 1 rings (SSSR count). The van der Waals surface area contributed by atoms with Crippen LogP contribution in [0, 0.1) is 0 Å². The topological polar surface area (TPSA) is 110 Å². The van der Waals surface area contributed by atoms with Gasteiger partial charge >= 0.3 is 63.3 Å². The Bertz CT molecular complexity index is 1340. The molecular weight excluding hydrogens is 808 g/mol. The molecular formula is C52H89KO7S. The van der Waals surface area contributed by atoms with Crippen molar-refractivity contribution in [1.29, 1.82) is 0 Å². The van der Waals surface area contributed by atoms with Crippen LogP contribution in [-0.4, -0.2) is 38.1 Å². The van der Waals surface area contributed by atoms with Gasteiger partial charge in [-0.25, -0.2) is 18.0 Å². The van der Waals surface area contributed by atoms with Crippen LogP contribution in [0.1, 0.15) is 266 Å². The molecule has 0 spiro atoms. The second-order valence-electron chi connectivity index (χ2n) is 17.1. The van der Waals surface area contributed by atoms with Crippen LogP contribution < -0.4 is 51.4 Å². The predicted octanol–water partition coefficient (Wildman–Crippen LogP) is 13.1. The molecule has 0 heterocycles. The third kappa shape index (κ3) is 36.1. The van der Waals surface area contributed by atoms with Gasteiger partial charge in [0.05, 0.1) is 29.2 Å². The van der Waals surface area contributed by atoms with Crippen molar-refractivity contribution in [3.05, 3.63) is 53.6 Å². The third-order valence-electron chi connectivity index (χ3n) is 11.5. The second kappa shape index (κ2) is 44.4. The maximum Gasteiger partial charge on any atom is 1.00 e. The van der Waals surface area contributed by atoms with Gasteiger partial charge in [0, 0.05) is 0 Å². The van der Waals surface area contributed by atoms with E-state index in [-0.39, 0.29) is 70.2 Å². The fourth-order valence-corrected chi connectivity index (χ4v) is 8.40. The predicted molar refractivity (Wildman–Crippen MR) is 251 cm³/mol. The van der Waals surface area contributed by atoms with E-state index < -0.39 is 32.5 Å². The van der Waals surface area contributed by atoms with Gasteiger partial charge in [0.15, 0.2) is 0 Å². The summed E-state index contributed by atoms with van der Waals surface area (Å²) < 4.78 is 46.9. The summed E-state index contributed by atoms with van der Waals surface area (Å²) in [5.74, 6) is -1.80. The van der Waals surface area contributed by atoms with Crippen LogP contribution in [0.15, 0.2) is 47.4 Å². The number of rotatable bonds is 43. The first kappa shape index (κ1) is 60.2. The van der Waals surface area contributed by atoms with E-state index in [0.29, 0.717) is 12.8 Å². The Morgan fingerprint density at radius 1 is 0.459 bits per heavy atom. The first-order chi connectivity index (χ1) is 29.3. The second-order valence-corrected chi connectivity index (χ2v) is 18.5. The number of unbranched alkanes of at least 4 members (excludes halogenated alkanes) is 32. The number of esters is 2. The average Bonchev–Trinajstić information content (AvgIpc) is 3.24. The van der Waals surface area contributed by atoms with Crippen molar-refractivity contribution in [3.8, 4) is 0 Å². The molecule has 0 saturated heterocycles. The summed E-state index contributed by atoms with van der Waals surface area (Å²) in [4.78, 5) is 25.3. The molecule has 0 unspecified atom stereocenters. The van der Waals surface area contributed by atoms with E-state index in [2.05, 4.69) is 38.2 Å². The van der Waals surface area contributed by atoms with Gasteiger partial charge in [-0.2, -0.15) is 0 Å². The SMILES string of the molecule is CCCCC/C=C/CCCCCCCCCCCCCCCOC(=O)c1cccc(S(=O)(=O)[O-])c1C(=O)OCCCCCCCCCCCCCCC/C=C/CCCCC.[K+]. The normalized spacial score (nSPS) is 11.7. The first-order valence-electron chi connectivity index (χ1n) is 25.1. The number of benzene rings is 1. The smallest absolute Gasteiger partial charge is 0.744 e. The van der Waals surface area contributed by atoms with Gasteiger partial charge in [-0.1, -0.05) is 211 Å². The average molecular weight is 897 g/mol. The van der Waals surface area contributed by atoms with Crippen LogP contribution in [-0.2, 0) is 19.6 Å². The number of carbonyl (C=O) groups excluding carboxylic acids is 2. The van der Waals surface area contributed by atoms with Crippen molar-refractivity contribution < 1.29 is 83.4 Å². The molecule has 1 aromatic rings. The van der Waals surface area contributed by atoms with Crippen LogP contribution in [0.5, 0.6) is 0 Å². The zero-order chi connectivity index (χ0) is 43.6. The van der Waals surface area contributed by atoms with Gasteiger partial charge in [-0.05, 0) is 76.3 Å². The summed E-state index contributed by atoms with van der Waals surface area (Å²) >= 11 is 0. The largest absolute Gasteiger partial charge is 1.00 e. The molecule has 0 bridgehead atoms. The van der Waals surface area contributed by atoms with Gasteiger partial charge in [0.25, 0.3) is 0 Å². The maximum absolute atomic E-state index is 13.1. The number of allylic oxidation sites excluding steroid dienone is 4. The molecule has 0 saturated carbocycles. The van der Waals surface area contributed by atoms with Crippen molar-refractivity contribution >= 4 is 22.1 Å². The number of hydrogen-bond acceptors (Lipinski definition) is 7. The Morgan fingerprint density at radius 3 is 1.08 bits per heavy atom. The van der Waals surface area contributed by atoms with Gasteiger partial charge in [0.1, 0.15) is 10.1 Å². The minimum atomic E-state index is -5.02. The fraction of sp³-hybridized carbons (Fsp3) is 0.769. The van der Waals surface area contributed by atoms with Crippen molar-refractivity contribution in [2.75, 3.05) is 13.2 Å². The molecule has 0 fully saturated rings. The molecule has 0 aliphatic rings. The maximum atomic E-state index is 13.1. The van der Waals surface area contributed by atoms with Gasteiger partial charge in [0.2, 0.25) is 0 Å². The van der Waals surface area contributed by atoms with E-state index >= 15 is 0 Å². The van der Waals surface area contributed by atoms with Crippen molar-refractivity contribution in [2.45, 2.75) is 250 Å². The number of ether oxygens (including phenoxy) is 2. The molecule has 0 atom stereocenters. The van der Waals surface area contributed by atoms with Gasteiger partial charge < -0.3 is 14.0 Å². The molecule has 1 aromatic carbocycles. The summed E-state index contributed by atoms with van der Waals surface area (Å²) in [6.07, 6.45) is 53.2. The van der Waals surface area contributed by atoms with Crippen LogP contribution in [0.2, 0.25) is 0 Å². The first-order valence-corrected chi connectivity index (χ1v) is 26.5. The van der Waals surface area contributed by atoms with E-state index in [0.717, 1.165) is 44.6 Å². The minimum absolute atomic E-state index is 0. The van der Waals surface area contributed by atoms with E-state index in [1.165, 1.54) is 192 Å². The molecule has 0 radical (unpaired) electrons. The zero-order valence-corrected chi connectivity index (χ0v) is 43.6. The quantitative estimate of drug-likeness (QED) is 0.0211. The van der Waals surface area contributed by atoms with Crippen molar-refractivity contribution in [3.63, 3.8) is 0 Å². The summed E-state index contributed by atoms with van der Waals surface area (Å²) in [6, 6.07) is 3.64. The molecule has 346 valence electrons. The summed E-state index contributed by atoms with van der Waals surface area (Å²) in [6.45, 7) is 4.75. The fourth-order valence-electron chi connectivity index (χ4n) is 7.71. The van der Waals surface area contributed by atoms with E-state index in [9.17, 15) is 22.6 Å². The zero-order valence-electron chi connectivity index (χ0n) is 39.7. The molecule has 0 aliphatic heterocycles. The third-order valence-corrected chi connectivity index (χ3v) is 12.4. The standard InChI is InChI=1S/C52H90O7S.K/c1-3-5-7-9-11-13-15-17-19-21-23-25-27-29-31-33-35-37-39-41-46-58-51(53)48-44-43-45-49(60(55,56)57)50(48)52(54)59-47-42-40-38-36-34-32-30-28-26-24-22-20-18-16-14-12-10-8-6-4-2;/h11-14,43-45H,3-10,15-42,46-47H2,1-2H3,(H,55,56,57);/q;+1/p-1/b13-11+,14-12+;. The molecule has 0 amide bonds. The van der Waals surface area contributed by atoms with Crippen LogP contribution >= 0.6 is 0 Å². The Morgan fingerprint density at radius 2 is 0.754 bits per heavy atom. The minimum Gasteiger partial charge on any atom is -0.744 e. The number of carbonyl (C=O) groups is 2. The van der Waals surface area contributed by atoms with Gasteiger partial charge in [-0.15, -0.1) is 0 Å². The van der Waals surface area contributed by atoms with Crippen molar-refractivity contribution in [1.82, 2.24) is 0 Å². The summed E-state index contributed by atoms with van der Waals surface area (Å²) in [5.41, 5.74) is -0.771. The molecule has 61 heavy (non-hydrogen) atoms. The Balaban J connectivity index is 0.0000360. The van der Waals surface area contributed by atoms with Gasteiger partial charge in [-0.3, -0.25) is 0 Å². The van der Waals surface area contributed by atoms with Crippen molar-refractivity contribution in [2.24, 2.45) is 0 Å². The molecule has 0 aromatic heterocycles. The Kier molecular flexibility index (Phi) is 43.8. The van der Waals surface area contributed by atoms with E-state index in [4.69, 9.17) is 9.47 Å². The van der Waals surface area contributed by atoms with Crippen LogP contribution in [0.25, 0.3) is 0 Å². The van der Waals surface area contributed by atoms with E-state index in [1.807, 2.05) is 0 Å². The molecule has 9 heteroatoms. The Labute approximate surface area is 418 Å². The summed E-state index contributed by atoms with van der Waals surface area (Å²) in [7, 11) is -5.02. The molecule has 0 N–H and O–H groups in total. The van der Waals surface area contributed by atoms with Crippen LogP contribution in [0.4, 0.5) is 0 Å². The van der Waals surface area contributed by atoms with E-state index in [1.54, 1.807) is 0 Å². The van der Waals surface area contributed by atoms with Crippen LogP contribution in [0.3, 0.4) is 0 Å². The molecule has 7 nitrogen and oxygen atoms in total. The Hall–Kier alpha value is -0.814. The summed E-state index contributed by atoms with van der Waals surface area (Å²) in [5, 5.41) is 0. The monoisotopic (exact) mass is 897 g/mol.